The van der Waals surface area contributed by atoms with Crippen LogP contribution in [-0.4, -0.2) is 18.2 Å². The highest BCUT2D eigenvalue weighted by Gasteiger charge is 1.92. The van der Waals surface area contributed by atoms with Gasteiger partial charge in [-0.05, 0) is 32.3 Å². The molecule has 0 aliphatic carbocycles. The van der Waals surface area contributed by atoms with Crippen LogP contribution in [0.1, 0.15) is 0 Å². The monoisotopic (exact) mass is 220 g/mol. The van der Waals surface area contributed by atoms with Crippen molar-refractivity contribution in [2.45, 2.75) is 0 Å². The standard InChI is InChI=1S/C7H9BrOS/c1-9-7-3-2-5-10(8)6-4-7/h2-4,6H,5H2,1H3. The van der Waals surface area contributed by atoms with E-state index >= 15 is 0 Å². The third-order valence-corrected chi connectivity index (χ3v) is 3.54. The Kier molecular flexibility index (Phi) is 3.22. The van der Waals surface area contributed by atoms with E-state index in [4.69, 9.17) is 4.74 Å². The average Bonchev–Trinajstić information content (AvgIpc) is 2.14. The Hall–Kier alpha value is -0.0200. The molecule has 1 atom stereocenters. The topological polar surface area (TPSA) is 9.23 Å². The first kappa shape index (κ1) is 8.08. The van der Waals surface area contributed by atoms with Crippen molar-refractivity contribution in [3.8, 4) is 0 Å². The van der Waals surface area contributed by atoms with Gasteiger partial charge in [-0.15, -0.1) is 8.92 Å². The second kappa shape index (κ2) is 3.98. The first-order chi connectivity index (χ1) is 4.83. The van der Waals surface area contributed by atoms with Gasteiger partial charge >= 0.3 is 0 Å². The Balaban J connectivity index is 2.75. The molecule has 1 unspecified atom stereocenters. The van der Waals surface area contributed by atoms with E-state index in [1.165, 1.54) is 0 Å². The number of rotatable bonds is 1. The molecular formula is C7H9BrOS. The van der Waals surface area contributed by atoms with Crippen LogP contribution >= 0.6 is 23.7 Å². The van der Waals surface area contributed by atoms with Crippen LogP contribution < -0.4 is 0 Å². The Morgan fingerprint density at radius 2 is 2.50 bits per heavy atom. The zero-order valence-electron chi connectivity index (χ0n) is 5.71. The fourth-order valence-electron chi connectivity index (χ4n) is 0.644. The second-order valence-electron chi connectivity index (χ2n) is 1.84. The summed E-state index contributed by atoms with van der Waals surface area (Å²) in [5.41, 5.74) is 0. The van der Waals surface area contributed by atoms with Crippen molar-refractivity contribution < 1.29 is 4.74 Å². The Labute approximate surface area is 70.9 Å². The summed E-state index contributed by atoms with van der Waals surface area (Å²) in [7, 11) is 1.90. The molecule has 1 rings (SSSR count). The van der Waals surface area contributed by atoms with Crippen molar-refractivity contribution >= 4 is 29.1 Å². The minimum atomic E-state index is 0.214. The quantitative estimate of drug-likeness (QED) is 0.618. The van der Waals surface area contributed by atoms with Crippen LogP contribution in [0.15, 0.2) is 24.0 Å². The molecule has 0 N–H and O–H groups in total. The van der Waals surface area contributed by atoms with Gasteiger partial charge in [-0.3, -0.25) is 0 Å². The summed E-state index contributed by atoms with van der Waals surface area (Å²) in [5, 5.41) is 2.11. The summed E-state index contributed by atoms with van der Waals surface area (Å²) in [6, 6.07) is 0. The van der Waals surface area contributed by atoms with E-state index in [0.717, 1.165) is 11.5 Å². The normalized spacial score (nSPS) is 24.6. The molecule has 56 valence electrons. The fourth-order valence-corrected chi connectivity index (χ4v) is 2.10. The molecule has 10 heavy (non-hydrogen) atoms. The van der Waals surface area contributed by atoms with E-state index in [0.29, 0.717) is 0 Å². The molecule has 0 spiro atoms. The Bertz CT molecular complexity index is 206. The third kappa shape index (κ3) is 2.31. The summed E-state index contributed by atoms with van der Waals surface area (Å²) >= 11 is 3.52. The minimum absolute atomic E-state index is 0.214. The van der Waals surface area contributed by atoms with Crippen LogP contribution in [0.5, 0.6) is 0 Å². The van der Waals surface area contributed by atoms with Crippen LogP contribution in [-0.2, 0) is 4.74 Å². The molecular weight excluding hydrogens is 212 g/mol. The largest absolute Gasteiger partial charge is 0.497 e. The van der Waals surface area contributed by atoms with Crippen molar-refractivity contribution in [2.24, 2.45) is 0 Å². The molecule has 1 nitrogen and oxygen atoms in total. The summed E-state index contributed by atoms with van der Waals surface area (Å²) < 4.78 is 5.05. The lowest BCUT2D eigenvalue weighted by Gasteiger charge is -1.94. The Morgan fingerprint density at radius 3 is 3.20 bits per heavy atom. The summed E-state index contributed by atoms with van der Waals surface area (Å²) in [6.45, 7) is 0. The van der Waals surface area contributed by atoms with Gasteiger partial charge in [0.15, 0.2) is 0 Å². The van der Waals surface area contributed by atoms with E-state index in [-0.39, 0.29) is 8.92 Å². The van der Waals surface area contributed by atoms with Crippen LogP contribution in [0.3, 0.4) is 0 Å². The zero-order valence-corrected chi connectivity index (χ0v) is 8.11. The summed E-state index contributed by atoms with van der Waals surface area (Å²) in [6.07, 6.45) is 6.09. The van der Waals surface area contributed by atoms with Crippen molar-refractivity contribution in [3.63, 3.8) is 0 Å². The molecule has 1 aliphatic rings. The molecule has 0 radical (unpaired) electrons. The van der Waals surface area contributed by atoms with Crippen LogP contribution in [0, 0.1) is 0 Å². The molecule has 0 aromatic heterocycles. The Morgan fingerprint density at radius 1 is 1.70 bits per heavy atom. The van der Waals surface area contributed by atoms with Gasteiger partial charge < -0.3 is 4.74 Å². The highest BCUT2D eigenvalue weighted by molar-refractivity contribution is 9.53. The molecule has 0 saturated heterocycles. The van der Waals surface area contributed by atoms with Crippen LogP contribution in [0.4, 0.5) is 0 Å². The lowest BCUT2D eigenvalue weighted by Crippen LogP contribution is -1.79. The molecule has 0 aromatic carbocycles. The molecule has 1 aliphatic heterocycles. The maximum atomic E-state index is 5.05. The third-order valence-electron chi connectivity index (χ3n) is 1.15. The van der Waals surface area contributed by atoms with Gasteiger partial charge in [-0.1, -0.05) is 6.08 Å². The van der Waals surface area contributed by atoms with Crippen LogP contribution in [0.25, 0.3) is 0 Å². The molecule has 3 heteroatoms. The number of allylic oxidation sites excluding steroid dienone is 2. The average molecular weight is 221 g/mol. The number of ether oxygens (including phenoxy) is 1. The predicted octanol–water partition coefficient (Wildman–Crippen LogP) is 2.47. The van der Waals surface area contributed by atoms with E-state index in [1.54, 1.807) is 7.11 Å². The second-order valence-corrected chi connectivity index (χ2v) is 5.67. The first-order valence-corrected chi connectivity index (χ1v) is 6.24. The first-order valence-electron chi connectivity index (χ1n) is 2.94. The number of hydrogen-bond acceptors (Lipinski definition) is 1. The van der Waals surface area contributed by atoms with Crippen LogP contribution in [0.2, 0.25) is 0 Å². The molecule has 1 heterocycles. The summed E-state index contributed by atoms with van der Waals surface area (Å²) in [5.74, 6) is 1.98. The smallest absolute Gasteiger partial charge is 0.119 e. The molecule has 0 amide bonds. The van der Waals surface area contributed by atoms with Crippen molar-refractivity contribution in [2.75, 3.05) is 12.9 Å². The fraction of sp³-hybridized carbons (Fsp3) is 0.286. The highest BCUT2D eigenvalue weighted by Crippen LogP contribution is 2.23. The van der Waals surface area contributed by atoms with Gasteiger partial charge in [-0.25, -0.2) is 0 Å². The number of hydrogen-bond donors (Lipinski definition) is 0. The van der Waals surface area contributed by atoms with Gasteiger partial charge in [0.2, 0.25) is 0 Å². The number of halogens is 1. The van der Waals surface area contributed by atoms with Crippen molar-refractivity contribution in [3.05, 3.63) is 24.0 Å². The van der Waals surface area contributed by atoms with Gasteiger partial charge in [0.05, 0.1) is 7.11 Å². The maximum Gasteiger partial charge on any atom is 0.119 e. The van der Waals surface area contributed by atoms with Gasteiger partial charge in [-0.2, -0.15) is 0 Å². The maximum absolute atomic E-state index is 5.05. The van der Waals surface area contributed by atoms with E-state index < -0.39 is 0 Å². The van der Waals surface area contributed by atoms with Gasteiger partial charge in [0.1, 0.15) is 5.76 Å². The predicted molar refractivity (Wildman–Crippen MR) is 51.7 cm³/mol. The van der Waals surface area contributed by atoms with Crippen molar-refractivity contribution in [1.29, 1.82) is 0 Å². The van der Waals surface area contributed by atoms with Gasteiger partial charge in [0.25, 0.3) is 0 Å². The molecule has 0 bridgehead atoms. The summed E-state index contributed by atoms with van der Waals surface area (Å²) in [4.78, 5) is 0. The van der Waals surface area contributed by atoms with E-state index in [9.17, 15) is 0 Å². The van der Waals surface area contributed by atoms with Crippen molar-refractivity contribution in [1.82, 2.24) is 0 Å². The lowest BCUT2D eigenvalue weighted by atomic mass is 10.4. The zero-order chi connectivity index (χ0) is 7.40. The molecule has 0 saturated carbocycles. The van der Waals surface area contributed by atoms with Gasteiger partial charge in [0, 0.05) is 5.75 Å². The molecule has 0 aromatic rings. The van der Waals surface area contributed by atoms with E-state index in [2.05, 4.69) is 26.3 Å². The SMILES string of the molecule is COC1=CC=S(Br)CC=C1. The lowest BCUT2D eigenvalue weighted by molar-refractivity contribution is 0.307. The highest BCUT2D eigenvalue weighted by atomic mass is 79.9. The van der Waals surface area contributed by atoms with E-state index in [1.807, 2.05) is 12.2 Å². The molecule has 0 fully saturated rings. The minimum Gasteiger partial charge on any atom is -0.497 e. The number of methoxy groups -OCH3 is 1.